The summed E-state index contributed by atoms with van der Waals surface area (Å²) in [6.45, 7) is 2.56. The average Bonchev–Trinajstić information content (AvgIpc) is 2.34. The first-order valence-corrected chi connectivity index (χ1v) is 7.42. The van der Waals surface area contributed by atoms with Gasteiger partial charge in [-0.1, -0.05) is 6.42 Å². The minimum absolute atomic E-state index is 0.298. The Morgan fingerprint density at radius 3 is 2.44 bits per heavy atom. The van der Waals surface area contributed by atoms with Gasteiger partial charge in [0.25, 0.3) is 0 Å². The summed E-state index contributed by atoms with van der Waals surface area (Å²) >= 11 is 0. The lowest BCUT2D eigenvalue weighted by atomic mass is 10.2. The molecular weight excluding hydrogens is 255 g/mol. The van der Waals surface area contributed by atoms with Crippen molar-refractivity contribution in [2.45, 2.75) is 31.1 Å². The third-order valence-corrected chi connectivity index (χ3v) is 5.17. The fourth-order valence-electron chi connectivity index (χ4n) is 2.11. The predicted octanol–water partition coefficient (Wildman–Crippen LogP) is 1.89. The highest BCUT2D eigenvalue weighted by molar-refractivity contribution is 7.89. The highest BCUT2D eigenvalue weighted by Crippen LogP contribution is 2.26. The lowest BCUT2D eigenvalue weighted by molar-refractivity contribution is 0.345. The second-order valence-corrected chi connectivity index (χ2v) is 6.51. The van der Waals surface area contributed by atoms with Crippen LogP contribution in [-0.4, -0.2) is 25.8 Å². The summed E-state index contributed by atoms with van der Waals surface area (Å²) in [5, 5.41) is 0. The normalized spacial score (nSPS) is 17.9. The van der Waals surface area contributed by atoms with Crippen molar-refractivity contribution in [3.63, 3.8) is 0 Å². The van der Waals surface area contributed by atoms with Gasteiger partial charge in [0, 0.05) is 18.8 Å². The lowest BCUT2D eigenvalue weighted by Gasteiger charge is -2.26. The maximum atomic E-state index is 13.8. The maximum absolute atomic E-state index is 13.8. The molecule has 0 spiro atoms. The summed E-state index contributed by atoms with van der Waals surface area (Å²) in [6.07, 6.45) is 2.66. The van der Waals surface area contributed by atoms with Crippen LogP contribution in [0.4, 0.5) is 10.1 Å². The molecule has 1 fully saturated rings. The van der Waals surface area contributed by atoms with E-state index >= 15 is 0 Å². The Kier molecular flexibility index (Phi) is 3.59. The Balaban J connectivity index is 2.43. The summed E-state index contributed by atoms with van der Waals surface area (Å²) in [4.78, 5) is -0.312. The minimum Gasteiger partial charge on any atom is -0.398 e. The van der Waals surface area contributed by atoms with Gasteiger partial charge in [0.1, 0.15) is 10.7 Å². The van der Waals surface area contributed by atoms with Gasteiger partial charge in [-0.2, -0.15) is 4.31 Å². The topological polar surface area (TPSA) is 63.4 Å². The number of aryl methyl sites for hydroxylation is 1. The summed E-state index contributed by atoms with van der Waals surface area (Å²) < 4.78 is 39.8. The van der Waals surface area contributed by atoms with Crippen molar-refractivity contribution in [3.05, 3.63) is 23.5 Å². The quantitative estimate of drug-likeness (QED) is 0.836. The molecule has 0 unspecified atom stereocenters. The van der Waals surface area contributed by atoms with Crippen LogP contribution in [0, 0.1) is 12.7 Å². The molecule has 2 rings (SSSR count). The molecule has 100 valence electrons. The van der Waals surface area contributed by atoms with Crippen LogP contribution in [0.5, 0.6) is 0 Å². The van der Waals surface area contributed by atoms with E-state index in [1.807, 2.05) is 0 Å². The van der Waals surface area contributed by atoms with E-state index in [0.717, 1.165) is 19.3 Å². The molecule has 0 saturated carbocycles. The molecule has 0 bridgehead atoms. The molecule has 0 atom stereocenters. The molecule has 1 aromatic carbocycles. The second-order valence-electron chi connectivity index (χ2n) is 4.60. The number of benzene rings is 1. The van der Waals surface area contributed by atoms with E-state index in [0.29, 0.717) is 24.3 Å². The summed E-state index contributed by atoms with van der Waals surface area (Å²) in [7, 11) is -3.75. The third-order valence-electron chi connectivity index (χ3n) is 3.25. The first-order chi connectivity index (χ1) is 8.43. The van der Waals surface area contributed by atoms with Crippen molar-refractivity contribution in [1.29, 1.82) is 0 Å². The molecule has 1 aliphatic rings. The molecule has 18 heavy (non-hydrogen) atoms. The van der Waals surface area contributed by atoms with E-state index in [4.69, 9.17) is 5.73 Å². The zero-order chi connectivity index (χ0) is 13.3. The Morgan fingerprint density at radius 1 is 1.22 bits per heavy atom. The van der Waals surface area contributed by atoms with Gasteiger partial charge >= 0.3 is 0 Å². The predicted molar refractivity (Wildman–Crippen MR) is 68.2 cm³/mol. The van der Waals surface area contributed by atoms with Gasteiger partial charge in [-0.25, -0.2) is 12.8 Å². The molecule has 0 radical (unpaired) electrons. The molecule has 1 heterocycles. The molecule has 4 nitrogen and oxygen atoms in total. The van der Waals surface area contributed by atoms with Gasteiger partial charge in [0.05, 0.1) is 0 Å². The van der Waals surface area contributed by atoms with Crippen molar-refractivity contribution in [2.24, 2.45) is 0 Å². The fraction of sp³-hybridized carbons (Fsp3) is 0.500. The Bertz CT molecular complexity index is 551. The van der Waals surface area contributed by atoms with Crippen molar-refractivity contribution in [1.82, 2.24) is 4.31 Å². The highest BCUT2D eigenvalue weighted by Gasteiger charge is 2.29. The SMILES string of the molecule is Cc1cc(F)c(S(=O)(=O)N2CCCCC2)cc1N. The second kappa shape index (κ2) is 4.85. The number of sulfonamides is 1. The first kappa shape index (κ1) is 13.3. The van der Waals surface area contributed by atoms with E-state index < -0.39 is 15.8 Å². The average molecular weight is 272 g/mol. The molecule has 1 aliphatic heterocycles. The highest BCUT2D eigenvalue weighted by atomic mass is 32.2. The van der Waals surface area contributed by atoms with Crippen LogP contribution in [-0.2, 0) is 10.0 Å². The fourth-order valence-corrected chi connectivity index (χ4v) is 3.71. The number of halogens is 1. The monoisotopic (exact) mass is 272 g/mol. The Labute approximate surface area is 107 Å². The van der Waals surface area contributed by atoms with Crippen LogP contribution in [0.3, 0.4) is 0 Å². The molecule has 0 amide bonds. The molecule has 2 N–H and O–H groups in total. The first-order valence-electron chi connectivity index (χ1n) is 5.98. The van der Waals surface area contributed by atoms with Crippen LogP contribution in [0.2, 0.25) is 0 Å². The van der Waals surface area contributed by atoms with Crippen LogP contribution >= 0.6 is 0 Å². The van der Waals surface area contributed by atoms with E-state index in [1.165, 1.54) is 16.4 Å². The van der Waals surface area contributed by atoms with Crippen molar-refractivity contribution >= 4 is 15.7 Å². The van der Waals surface area contributed by atoms with Gasteiger partial charge in [-0.3, -0.25) is 0 Å². The molecule has 1 aromatic rings. The van der Waals surface area contributed by atoms with Crippen LogP contribution in [0.1, 0.15) is 24.8 Å². The summed E-state index contributed by atoms with van der Waals surface area (Å²) in [5.41, 5.74) is 6.51. The summed E-state index contributed by atoms with van der Waals surface area (Å²) in [5.74, 6) is -0.729. The number of hydrogen-bond donors (Lipinski definition) is 1. The van der Waals surface area contributed by atoms with Gasteiger partial charge in [-0.15, -0.1) is 0 Å². The molecule has 6 heteroatoms. The number of nitrogens with two attached hydrogens (primary N) is 1. The van der Waals surface area contributed by atoms with Gasteiger partial charge < -0.3 is 5.73 Å². The molecule has 0 aliphatic carbocycles. The number of rotatable bonds is 2. The van der Waals surface area contributed by atoms with Crippen molar-refractivity contribution < 1.29 is 12.8 Å². The maximum Gasteiger partial charge on any atom is 0.246 e. The zero-order valence-corrected chi connectivity index (χ0v) is 11.1. The van der Waals surface area contributed by atoms with E-state index in [9.17, 15) is 12.8 Å². The Morgan fingerprint density at radius 2 is 1.83 bits per heavy atom. The number of anilines is 1. The van der Waals surface area contributed by atoms with Crippen LogP contribution in [0.25, 0.3) is 0 Å². The molecule has 1 saturated heterocycles. The van der Waals surface area contributed by atoms with Crippen LogP contribution in [0.15, 0.2) is 17.0 Å². The van der Waals surface area contributed by atoms with Crippen molar-refractivity contribution in [2.75, 3.05) is 18.8 Å². The number of nitrogens with zero attached hydrogens (tertiary/aromatic N) is 1. The number of hydrogen-bond acceptors (Lipinski definition) is 3. The smallest absolute Gasteiger partial charge is 0.246 e. The van der Waals surface area contributed by atoms with Gasteiger partial charge in [-0.05, 0) is 37.5 Å². The Hall–Kier alpha value is -1.14. The van der Waals surface area contributed by atoms with Crippen molar-refractivity contribution in [3.8, 4) is 0 Å². The van der Waals surface area contributed by atoms with E-state index in [1.54, 1.807) is 6.92 Å². The molecular formula is C12H17FN2O2S. The van der Waals surface area contributed by atoms with Gasteiger partial charge in [0.15, 0.2) is 0 Å². The van der Waals surface area contributed by atoms with Gasteiger partial charge in [0.2, 0.25) is 10.0 Å². The third kappa shape index (κ3) is 2.35. The number of piperidine rings is 1. The van der Waals surface area contributed by atoms with E-state index in [-0.39, 0.29) is 4.90 Å². The molecule has 0 aromatic heterocycles. The summed E-state index contributed by atoms with van der Waals surface area (Å²) in [6, 6.07) is 2.39. The van der Waals surface area contributed by atoms with Crippen LogP contribution < -0.4 is 5.73 Å². The lowest BCUT2D eigenvalue weighted by Crippen LogP contribution is -2.36. The minimum atomic E-state index is -3.75. The largest absolute Gasteiger partial charge is 0.398 e. The number of nitrogen functional groups attached to an aromatic ring is 1. The zero-order valence-electron chi connectivity index (χ0n) is 10.3. The standard InChI is InChI=1S/C12H17FN2O2S/c1-9-7-10(13)12(8-11(9)14)18(16,17)15-5-3-2-4-6-15/h7-8H,2-6,14H2,1H3. The van der Waals surface area contributed by atoms with E-state index in [2.05, 4.69) is 0 Å².